The highest BCUT2D eigenvalue weighted by Crippen LogP contribution is 2.33. The Morgan fingerprint density at radius 2 is 1.98 bits per heavy atom. The number of aliphatic hydroxyl groups excluding tert-OH is 2. The molecule has 12 heteroatoms. The third-order valence-electron chi connectivity index (χ3n) is 7.10. The van der Waals surface area contributed by atoms with Crippen molar-refractivity contribution in [1.82, 2.24) is 10.2 Å². The second-order valence-electron chi connectivity index (χ2n) is 10.1. The maximum atomic E-state index is 13.3. The van der Waals surface area contributed by atoms with Gasteiger partial charge in [-0.05, 0) is 51.1 Å². The molecule has 0 saturated carbocycles. The molecule has 0 bridgehead atoms. The van der Waals surface area contributed by atoms with Crippen molar-refractivity contribution in [3.8, 4) is 5.75 Å². The molecule has 3 rings (SSSR count). The van der Waals surface area contributed by atoms with Crippen LogP contribution in [0.25, 0.3) is 0 Å². The predicted molar refractivity (Wildman–Crippen MR) is 152 cm³/mol. The number of rotatable bonds is 10. The Kier molecular flexibility index (Phi) is 11.9. The summed E-state index contributed by atoms with van der Waals surface area (Å²) < 4.78 is 16.8. The number of ether oxygens (including phenoxy) is 3. The highest BCUT2D eigenvalue weighted by atomic mass is 35.5. The van der Waals surface area contributed by atoms with Crippen molar-refractivity contribution >= 4 is 41.2 Å². The maximum Gasteiger partial charge on any atom is 0.342 e. The first-order chi connectivity index (χ1) is 19.0. The molecule has 2 saturated heterocycles. The summed E-state index contributed by atoms with van der Waals surface area (Å²) in [5.41, 5.74) is -0.908. The number of carbonyl (C=O) groups excluding carboxylic acids is 3. The average Bonchev–Trinajstić information content (AvgIpc) is 3.29. The van der Waals surface area contributed by atoms with Gasteiger partial charge < -0.3 is 29.7 Å². The number of aliphatic hydroxyl groups is 2. The summed E-state index contributed by atoms with van der Waals surface area (Å²) in [5, 5.41) is 24.5. The van der Waals surface area contributed by atoms with E-state index >= 15 is 0 Å². The van der Waals surface area contributed by atoms with E-state index in [1.165, 1.54) is 30.8 Å². The van der Waals surface area contributed by atoms with Crippen molar-refractivity contribution in [3.63, 3.8) is 0 Å². The van der Waals surface area contributed by atoms with E-state index in [9.17, 15) is 24.6 Å². The Morgan fingerprint density at radius 1 is 1.27 bits per heavy atom. The van der Waals surface area contributed by atoms with Gasteiger partial charge in [-0.3, -0.25) is 14.5 Å². The molecule has 1 aromatic carbocycles. The minimum Gasteiger partial charge on any atom is -0.452 e. The number of nitrogens with one attached hydrogen (secondary N) is 1. The second kappa shape index (κ2) is 14.7. The molecule has 9 atom stereocenters. The molecular formula is C28H39ClN2O8S. The van der Waals surface area contributed by atoms with Gasteiger partial charge in [-0.2, -0.15) is 0 Å². The highest BCUT2D eigenvalue weighted by molar-refractivity contribution is 7.99. The lowest BCUT2D eigenvalue weighted by Gasteiger charge is -2.45. The van der Waals surface area contributed by atoms with E-state index in [0.717, 1.165) is 13.0 Å². The minimum atomic E-state index is -1.55. The minimum absolute atomic E-state index is 0.00777. The van der Waals surface area contributed by atoms with Crippen LogP contribution in [0.15, 0.2) is 36.4 Å². The molecule has 1 aromatic rings. The number of thioether (sulfide) groups is 1. The molecular weight excluding hydrogens is 560 g/mol. The van der Waals surface area contributed by atoms with Crippen molar-refractivity contribution in [2.24, 2.45) is 5.92 Å². The summed E-state index contributed by atoms with van der Waals surface area (Å²) >= 11 is 7.65. The lowest BCUT2D eigenvalue weighted by atomic mass is 9.92. The zero-order chi connectivity index (χ0) is 29.6. The van der Waals surface area contributed by atoms with E-state index in [4.69, 9.17) is 25.8 Å². The molecule has 40 heavy (non-hydrogen) atoms. The number of benzene rings is 1. The summed E-state index contributed by atoms with van der Waals surface area (Å²) in [4.78, 5) is 39.7. The number of alkyl halides is 1. The van der Waals surface area contributed by atoms with Crippen molar-refractivity contribution in [1.29, 1.82) is 0 Å². The number of esters is 2. The molecule has 0 spiro atoms. The molecule has 10 nitrogen and oxygen atoms in total. The Hall–Kier alpha value is -2.15. The predicted octanol–water partition coefficient (Wildman–Crippen LogP) is 2.35. The topological polar surface area (TPSA) is 135 Å². The number of para-hydroxylation sites is 1. The van der Waals surface area contributed by atoms with Crippen molar-refractivity contribution in [2.75, 3.05) is 19.8 Å². The van der Waals surface area contributed by atoms with Gasteiger partial charge >= 0.3 is 11.9 Å². The third kappa shape index (κ3) is 7.77. The van der Waals surface area contributed by atoms with Crippen LogP contribution in [0.4, 0.5) is 0 Å². The summed E-state index contributed by atoms with van der Waals surface area (Å²) in [6.07, 6.45) is 2.10. The van der Waals surface area contributed by atoms with Gasteiger partial charge in [-0.25, -0.2) is 4.79 Å². The SMILES string of the molecule is CC/C=C/[C@@H]1C[C@@H](C(=O)NC(C(C)Cl)C2OC(SC)C(OC(=O)c3ccccc3OC(C)=O)C(O)C2O)N(C)C1. The lowest BCUT2D eigenvalue weighted by molar-refractivity contribution is -0.205. The van der Waals surface area contributed by atoms with Crippen LogP contribution in [0, 0.1) is 5.92 Å². The van der Waals surface area contributed by atoms with E-state index < -0.39 is 53.2 Å². The number of likely N-dealkylation sites (N-methyl/N-ethyl adjacent to an activating group) is 1. The van der Waals surface area contributed by atoms with Crippen LogP contribution >= 0.6 is 23.4 Å². The first-order valence-electron chi connectivity index (χ1n) is 13.3. The highest BCUT2D eigenvalue weighted by Gasteiger charge is 2.50. The molecule has 2 fully saturated rings. The van der Waals surface area contributed by atoms with Crippen LogP contribution in [-0.2, 0) is 19.1 Å². The number of halogens is 1. The number of hydrogen-bond donors (Lipinski definition) is 3. The van der Waals surface area contributed by atoms with Crippen molar-refractivity contribution in [3.05, 3.63) is 42.0 Å². The van der Waals surface area contributed by atoms with Gasteiger partial charge in [0.1, 0.15) is 35.1 Å². The van der Waals surface area contributed by atoms with Gasteiger partial charge in [-0.15, -0.1) is 23.4 Å². The number of likely N-dealkylation sites (tertiary alicyclic amines) is 1. The molecule has 2 heterocycles. The van der Waals surface area contributed by atoms with E-state index in [1.807, 2.05) is 11.9 Å². The van der Waals surface area contributed by atoms with E-state index in [1.54, 1.807) is 25.3 Å². The van der Waals surface area contributed by atoms with Gasteiger partial charge in [-0.1, -0.05) is 31.2 Å². The van der Waals surface area contributed by atoms with E-state index in [0.29, 0.717) is 6.42 Å². The van der Waals surface area contributed by atoms with Crippen LogP contribution in [-0.4, -0.2) is 100 Å². The number of hydrogen-bond acceptors (Lipinski definition) is 10. The number of carbonyl (C=O) groups is 3. The zero-order valence-electron chi connectivity index (χ0n) is 23.4. The molecule has 7 unspecified atom stereocenters. The van der Waals surface area contributed by atoms with Crippen LogP contribution in [0.5, 0.6) is 5.75 Å². The quantitative estimate of drug-likeness (QED) is 0.159. The Labute approximate surface area is 244 Å². The number of allylic oxidation sites excluding steroid dienone is 1. The van der Waals surface area contributed by atoms with Gasteiger partial charge in [0.15, 0.2) is 6.10 Å². The van der Waals surface area contributed by atoms with Crippen LogP contribution in [0.3, 0.4) is 0 Å². The van der Waals surface area contributed by atoms with E-state index in [2.05, 4.69) is 24.4 Å². The molecule has 1 amide bonds. The average molecular weight is 599 g/mol. The molecule has 2 aliphatic rings. The smallest absolute Gasteiger partial charge is 0.342 e. The summed E-state index contributed by atoms with van der Waals surface area (Å²) in [5.74, 6) is -1.45. The van der Waals surface area contributed by atoms with Crippen LogP contribution < -0.4 is 10.1 Å². The van der Waals surface area contributed by atoms with Crippen molar-refractivity contribution < 1.29 is 38.8 Å². The summed E-state index contributed by atoms with van der Waals surface area (Å²) in [7, 11) is 1.89. The van der Waals surface area contributed by atoms with Gasteiger partial charge in [0.2, 0.25) is 5.91 Å². The Balaban J connectivity index is 1.74. The largest absolute Gasteiger partial charge is 0.452 e. The normalized spacial score (nSPS) is 30.6. The van der Waals surface area contributed by atoms with Crippen LogP contribution in [0.1, 0.15) is 44.0 Å². The lowest BCUT2D eigenvalue weighted by Crippen LogP contribution is -2.65. The fraction of sp³-hybridized carbons (Fsp3) is 0.607. The van der Waals surface area contributed by atoms with Gasteiger partial charge in [0, 0.05) is 13.5 Å². The fourth-order valence-electron chi connectivity index (χ4n) is 5.07. The van der Waals surface area contributed by atoms with Crippen LogP contribution in [0.2, 0.25) is 0 Å². The Morgan fingerprint density at radius 3 is 2.60 bits per heavy atom. The molecule has 0 radical (unpaired) electrons. The molecule has 2 aliphatic heterocycles. The van der Waals surface area contributed by atoms with Gasteiger partial charge in [0.25, 0.3) is 0 Å². The Bertz CT molecular complexity index is 1070. The summed E-state index contributed by atoms with van der Waals surface area (Å²) in [6, 6.07) is 4.83. The van der Waals surface area contributed by atoms with E-state index in [-0.39, 0.29) is 29.2 Å². The second-order valence-corrected chi connectivity index (χ2v) is 11.8. The third-order valence-corrected chi connectivity index (χ3v) is 8.22. The zero-order valence-corrected chi connectivity index (χ0v) is 24.9. The summed E-state index contributed by atoms with van der Waals surface area (Å²) in [6.45, 7) is 5.69. The fourth-order valence-corrected chi connectivity index (χ4v) is 6.00. The monoisotopic (exact) mass is 598 g/mol. The maximum absolute atomic E-state index is 13.3. The number of amides is 1. The molecule has 0 aliphatic carbocycles. The first-order valence-corrected chi connectivity index (χ1v) is 15.0. The molecule has 0 aromatic heterocycles. The van der Waals surface area contributed by atoms with Crippen molar-refractivity contribution in [2.45, 2.75) is 80.9 Å². The first kappa shape index (κ1) is 32.4. The number of nitrogens with zero attached hydrogens (tertiary/aromatic N) is 1. The van der Waals surface area contributed by atoms with Gasteiger partial charge in [0.05, 0.1) is 17.5 Å². The molecule has 3 N–H and O–H groups in total. The standard InChI is InChI=1S/C28H39ClN2O8S/c1-6-7-10-17-13-19(31(4)14-17)26(35)30-21(15(2)29)24-22(33)23(34)25(28(39-24)40-5)38-27(36)18-11-8-9-12-20(18)37-16(3)32/h7-12,15,17,19,21-25,28,33-34H,6,13-14H2,1-5H3,(H,30,35)/b10-7+/t15?,17-,19+,21?,22?,23?,24?,25?,28?/m1/s1. The molecule has 222 valence electrons.